The zero-order chi connectivity index (χ0) is 15.6. The molecular weight excluding hydrogens is 342 g/mol. The molecule has 0 aromatic carbocycles. The predicted molar refractivity (Wildman–Crippen MR) is 104 cm³/mol. The number of thiophene rings is 1. The van der Waals surface area contributed by atoms with Gasteiger partial charge < -0.3 is 10.2 Å². The minimum atomic E-state index is 0. The van der Waals surface area contributed by atoms with Crippen LogP contribution in [0.4, 0.5) is 5.82 Å². The highest BCUT2D eigenvalue weighted by Crippen LogP contribution is 2.30. The van der Waals surface area contributed by atoms with Crippen molar-refractivity contribution in [1.82, 2.24) is 20.2 Å². The number of rotatable bonds is 3. The van der Waals surface area contributed by atoms with Crippen LogP contribution >= 0.6 is 23.7 Å². The first kappa shape index (κ1) is 17.9. The third kappa shape index (κ3) is 3.82. The summed E-state index contributed by atoms with van der Waals surface area (Å²) in [7, 11) is 0. The van der Waals surface area contributed by atoms with Crippen molar-refractivity contribution in [3.05, 3.63) is 17.3 Å². The topological polar surface area (TPSA) is 44.3 Å². The van der Waals surface area contributed by atoms with Crippen molar-refractivity contribution in [2.75, 3.05) is 50.7 Å². The molecule has 2 aliphatic heterocycles. The highest BCUT2D eigenvalue weighted by atomic mass is 35.5. The van der Waals surface area contributed by atoms with E-state index >= 15 is 0 Å². The van der Waals surface area contributed by atoms with Gasteiger partial charge in [-0.15, -0.1) is 23.7 Å². The fourth-order valence-electron chi connectivity index (χ4n) is 3.79. The quantitative estimate of drug-likeness (QED) is 0.903. The number of aryl methyl sites for hydroxylation is 1. The van der Waals surface area contributed by atoms with Gasteiger partial charge in [-0.25, -0.2) is 9.97 Å². The lowest BCUT2D eigenvalue weighted by molar-refractivity contribution is 0.196. The van der Waals surface area contributed by atoms with Crippen LogP contribution in [0, 0.1) is 12.8 Å². The number of piperidine rings is 1. The Labute approximate surface area is 153 Å². The van der Waals surface area contributed by atoms with Crippen LogP contribution in [0.3, 0.4) is 0 Å². The van der Waals surface area contributed by atoms with Gasteiger partial charge in [0.25, 0.3) is 0 Å². The molecular formula is C17H26ClN5S. The molecule has 132 valence electrons. The summed E-state index contributed by atoms with van der Waals surface area (Å²) in [4.78, 5) is 16.5. The second-order valence-corrected chi connectivity index (χ2v) is 7.99. The fourth-order valence-corrected chi connectivity index (χ4v) is 4.63. The molecule has 0 spiro atoms. The van der Waals surface area contributed by atoms with E-state index in [1.165, 1.54) is 42.7 Å². The van der Waals surface area contributed by atoms with Gasteiger partial charge in [-0.1, -0.05) is 0 Å². The molecule has 0 amide bonds. The van der Waals surface area contributed by atoms with Crippen LogP contribution in [-0.2, 0) is 0 Å². The highest BCUT2D eigenvalue weighted by molar-refractivity contribution is 7.18. The summed E-state index contributed by atoms with van der Waals surface area (Å²) in [6, 6.07) is 2.23. The largest absolute Gasteiger partial charge is 0.353 e. The number of nitrogens with one attached hydrogen (secondary N) is 1. The molecule has 2 aromatic heterocycles. The SMILES string of the molecule is Cc1cc2c(N3CCN(CC4CCNCC4)CC3)ncnc2s1.Cl. The van der Waals surface area contributed by atoms with Crippen molar-refractivity contribution in [3.8, 4) is 0 Å². The molecule has 2 aliphatic rings. The molecule has 4 rings (SSSR count). The second kappa shape index (κ2) is 7.95. The number of hydrogen-bond acceptors (Lipinski definition) is 6. The van der Waals surface area contributed by atoms with Crippen molar-refractivity contribution in [3.63, 3.8) is 0 Å². The van der Waals surface area contributed by atoms with Crippen LogP contribution in [0.5, 0.6) is 0 Å². The van der Waals surface area contributed by atoms with E-state index in [-0.39, 0.29) is 12.4 Å². The van der Waals surface area contributed by atoms with E-state index in [0.717, 1.165) is 42.7 Å². The first-order chi connectivity index (χ1) is 11.3. The monoisotopic (exact) mass is 367 g/mol. The van der Waals surface area contributed by atoms with Crippen LogP contribution < -0.4 is 10.2 Å². The molecule has 0 unspecified atom stereocenters. The normalized spacial score (nSPS) is 20.3. The van der Waals surface area contributed by atoms with Gasteiger partial charge >= 0.3 is 0 Å². The van der Waals surface area contributed by atoms with Gasteiger partial charge in [0.2, 0.25) is 0 Å². The van der Waals surface area contributed by atoms with E-state index < -0.39 is 0 Å². The Morgan fingerprint density at radius 1 is 1.17 bits per heavy atom. The predicted octanol–water partition coefficient (Wildman–Crippen LogP) is 2.54. The van der Waals surface area contributed by atoms with Gasteiger partial charge in [-0.3, -0.25) is 4.90 Å². The molecule has 2 saturated heterocycles. The van der Waals surface area contributed by atoms with Gasteiger partial charge in [0.05, 0.1) is 5.39 Å². The average molecular weight is 368 g/mol. The summed E-state index contributed by atoms with van der Waals surface area (Å²) in [6.07, 6.45) is 4.39. The van der Waals surface area contributed by atoms with E-state index in [1.54, 1.807) is 17.7 Å². The summed E-state index contributed by atoms with van der Waals surface area (Å²) in [6.45, 7) is 10.3. The lowest BCUT2D eigenvalue weighted by Gasteiger charge is -2.38. The number of halogens is 1. The molecule has 0 radical (unpaired) electrons. The van der Waals surface area contributed by atoms with Crippen molar-refractivity contribution in [2.24, 2.45) is 5.92 Å². The van der Waals surface area contributed by atoms with E-state index in [1.807, 2.05) is 0 Å². The maximum atomic E-state index is 4.58. The molecule has 2 aromatic rings. The van der Waals surface area contributed by atoms with E-state index in [0.29, 0.717) is 0 Å². The van der Waals surface area contributed by atoms with Crippen LogP contribution in [0.15, 0.2) is 12.4 Å². The number of aromatic nitrogens is 2. The number of hydrogen-bond donors (Lipinski definition) is 1. The molecule has 0 saturated carbocycles. The summed E-state index contributed by atoms with van der Waals surface area (Å²) >= 11 is 1.76. The van der Waals surface area contributed by atoms with E-state index in [4.69, 9.17) is 0 Å². The van der Waals surface area contributed by atoms with Gasteiger partial charge in [-0.2, -0.15) is 0 Å². The van der Waals surface area contributed by atoms with E-state index in [9.17, 15) is 0 Å². The van der Waals surface area contributed by atoms with Crippen molar-refractivity contribution >= 4 is 39.8 Å². The Hall–Kier alpha value is -0.950. The highest BCUT2D eigenvalue weighted by Gasteiger charge is 2.23. The Bertz CT molecular complexity index is 662. The Morgan fingerprint density at radius 3 is 2.67 bits per heavy atom. The molecule has 0 aliphatic carbocycles. The van der Waals surface area contributed by atoms with Gasteiger partial charge in [0.1, 0.15) is 17.0 Å². The maximum Gasteiger partial charge on any atom is 0.140 e. The smallest absolute Gasteiger partial charge is 0.140 e. The van der Waals surface area contributed by atoms with E-state index in [2.05, 4.69) is 38.1 Å². The molecule has 5 nitrogen and oxygen atoms in total. The molecule has 7 heteroatoms. The summed E-state index contributed by atoms with van der Waals surface area (Å²) < 4.78 is 0. The lowest BCUT2D eigenvalue weighted by Crippen LogP contribution is -2.49. The summed E-state index contributed by atoms with van der Waals surface area (Å²) in [5.74, 6) is 2.01. The third-order valence-electron chi connectivity index (χ3n) is 5.08. The van der Waals surface area contributed by atoms with Crippen LogP contribution in [0.2, 0.25) is 0 Å². The molecule has 4 heterocycles. The van der Waals surface area contributed by atoms with Gasteiger partial charge in [0, 0.05) is 37.6 Å². The number of piperazine rings is 1. The molecule has 1 N–H and O–H groups in total. The zero-order valence-electron chi connectivity index (χ0n) is 14.2. The lowest BCUT2D eigenvalue weighted by atomic mass is 9.97. The molecule has 2 fully saturated rings. The van der Waals surface area contributed by atoms with Crippen LogP contribution in [-0.4, -0.2) is 60.7 Å². The summed E-state index contributed by atoms with van der Waals surface area (Å²) in [5, 5.41) is 4.68. The number of nitrogens with zero attached hydrogens (tertiary/aromatic N) is 4. The standard InChI is InChI=1S/C17H25N5S.ClH/c1-13-10-15-16(19-12-20-17(15)23-13)22-8-6-21(7-9-22)11-14-2-4-18-5-3-14;/h10,12,14,18H,2-9,11H2,1H3;1H. The first-order valence-corrected chi connectivity index (χ1v) is 9.50. The molecule has 0 atom stereocenters. The minimum absolute atomic E-state index is 0. The number of anilines is 1. The van der Waals surface area contributed by atoms with Crippen LogP contribution in [0.1, 0.15) is 17.7 Å². The van der Waals surface area contributed by atoms with Crippen molar-refractivity contribution < 1.29 is 0 Å². The van der Waals surface area contributed by atoms with Crippen molar-refractivity contribution in [1.29, 1.82) is 0 Å². The van der Waals surface area contributed by atoms with Crippen LogP contribution in [0.25, 0.3) is 10.2 Å². The molecule has 0 bridgehead atoms. The zero-order valence-corrected chi connectivity index (χ0v) is 15.8. The summed E-state index contributed by atoms with van der Waals surface area (Å²) in [5.41, 5.74) is 0. The fraction of sp³-hybridized carbons (Fsp3) is 0.647. The number of fused-ring (bicyclic) bond motifs is 1. The molecule has 24 heavy (non-hydrogen) atoms. The maximum absolute atomic E-state index is 4.58. The minimum Gasteiger partial charge on any atom is -0.353 e. The Balaban J connectivity index is 0.00000169. The van der Waals surface area contributed by atoms with Gasteiger partial charge in [0.15, 0.2) is 0 Å². The van der Waals surface area contributed by atoms with Crippen molar-refractivity contribution in [2.45, 2.75) is 19.8 Å². The Kier molecular flexibility index (Phi) is 5.92. The second-order valence-electron chi connectivity index (χ2n) is 6.75. The average Bonchev–Trinajstić information content (AvgIpc) is 2.97. The van der Waals surface area contributed by atoms with Gasteiger partial charge in [-0.05, 0) is 44.8 Å². The first-order valence-electron chi connectivity index (χ1n) is 8.69. The Morgan fingerprint density at radius 2 is 1.92 bits per heavy atom. The third-order valence-corrected chi connectivity index (χ3v) is 6.04.